The van der Waals surface area contributed by atoms with Gasteiger partial charge in [0.1, 0.15) is 17.1 Å². The van der Waals surface area contributed by atoms with Crippen molar-refractivity contribution < 1.29 is 19.4 Å². The highest BCUT2D eigenvalue weighted by Gasteiger charge is 2.34. The number of carbonyl (C=O) groups is 2. The van der Waals surface area contributed by atoms with Gasteiger partial charge in [0, 0.05) is 22.8 Å². The SMILES string of the molecule is CC1(C)CCc2c(ccc3c2C(O)=CC(=O)C3=O)O1. The quantitative estimate of drug-likeness (QED) is 0.726. The third-order valence-electron chi connectivity index (χ3n) is 3.63. The lowest BCUT2D eigenvalue weighted by atomic mass is 9.84. The second-order valence-electron chi connectivity index (χ2n) is 5.55. The largest absolute Gasteiger partial charge is 0.507 e. The van der Waals surface area contributed by atoms with E-state index in [2.05, 4.69) is 0 Å². The Hall–Kier alpha value is -2.10. The summed E-state index contributed by atoms with van der Waals surface area (Å²) in [6.07, 6.45) is 2.50. The summed E-state index contributed by atoms with van der Waals surface area (Å²) in [4.78, 5) is 23.3. The molecule has 2 aliphatic rings. The van der Waals surface area contributed by atoms with Gasteiger partial charge in [-0.3, -0.25) is 9.59 Å². The highest BCUT2D eigenvalue weighted by atomic mass is 16.5. The highest BCUT2D eigenvalue weighted by Crippen LogP contribution is 2.39. The van der Waals surface area contributed by atoms with Crippen LogP contribution >= 0.6 is 0 Å². The van der Waals surface area contributed by atoms with E-state index in [4.69, 9.17) is 4.74 Å². The number of ether oxygens (including phenoxy) is 1. The normalized spacial score (nSPS) is 20.2. The fourth-order valence-electron chi connectivity index (χ4n) is 2.62. The van der Waals surface area contributed by atoms with E-state index < -0.39 is 11.6 Å². The predicted molar refractivity (Wildman–Crippen MR) is 69.4 cm³/mol. The molecule has 0 atom stereocenters. The number of hydrogen-bond donors (Lipinski definition) is 1. The van der Waals surface area contributed by atoms with Crippen LogP contribution in [0.15, 0.2) is 18.2 Å². The Morgan fingerprint density at radius 3 is 2.74 bits per heavy atom. The number of fused-ring (bicyclic) bond motifs is 3. The van der Waals surface area contributed by atoms with Gasteiger partial charge in [0.25, 0.3) is 0 Å². The molecule has 0 spiro atoms. The Morgan fingerprint density at radius 2 is 2.00 bits per heavy atom. The maximum Gasteiger partial charge on any atom is 0.233 e. The summed E-state index contributed by atoms with van der Waals surface area (Å²) in [6.45, 7) is 4.00. The van der Waals surface area contributed by atoms with Crippen molar-refractivity contribution in [3.63, 3.8) is 0 Å². The maximum atomic E-state index is 11.8. The fourth-order valence-corrected chi connectivity index (χ4v) is 2.62. The molecule has 0 fully saturated rings. The number of Topliss-reactive ketones (excluding diaryl/α,β-unsaturated/α-hetero) is 1. The van der Waals surface area contributed by atoms with Crippen molar-refractivity contribution >= 4 is 17.3 Å². The van der Waals surface area contributed by atoms with Gasteiger partial charge >= 0.3 is 0 Å². The minimum absolute atomic E-state index is 0.139. The van der Waals surface area contributed by atoms with Crippen LogP contribution in [0.25, 0.3) is 5.76 Å². The molecule has 0 aromatic heterocycles. The van der Waals surface area contributed by atoms with Crippen molar-refractivity contribution in [1.29, 1.82) is 0 Å². The Labute approximate surface area is 110 Å². The maximum absolute atomic E-state index is 11.8. The lowest BCUT2D eigenvalue weighted by Gasteiger charge is -2.34. The zero-order chi connectivity index (χ0) is 13.8. The molecular formula is C15H14O4. The Kier molecular flexibility index (Phi) is 2.33. The van der Waals surface area contributed by atoms with E-state index in [0.717, 1.165) is 18.1 Å². The van der Waals surface area contributed by atoms with Gasteiger partial charge < -0.3 is 9.84 Å². The number of benzene rings is 1. The van der Waals surface area contributed by atoms with Gasteiger partial charge in [-0.15, -0.1) is 0 Å². The van der Waals surface area contributed by atoms with Crippen LogP contribution in [-0.2, 0) is 11.2 Å². The molecule has 1 aromatic rings. The van der Waals surface area contributed by atoms with Gasteiger partial charge in [-0.25, -0.2) is 0 Å². The van der Waals surface area contributed by atoms with E-state index in [1.807, 2.05) is 13.8 Å². The number of rotatable bonds is 0. The fraction of sp³-hybridized carbons (Fsp3) is 0.333. The van der Waals surface area contributed by atoms with E-state index in [1.54, 1.807) is 12.1 Å². The minimum atomic E-state index is -0.679. The molecule has 4 nitrogen and oxygen atoms in total. The first kappa shape index (κ1) is 12.0. The smallest absolute Gasteiger partial charge is 0.233 e. The number of carbonyl (C=O) groups excluding carboxylic acids is 2. The van der Waals surface area contributed by atoms with Crippen molar-refractivity contribution in [2.75, 3.05) is 0 Å². The lowest BCUT2D eigenvalue weighted by Crippen LogP contribution is -2.33. The second kappa shape index (κ2) is 3.70. The number of allylic oxidation sites excluding steroid dienone is 1. The Bertz CT molecular complexity index is 638. The zero-order valence-electron chi connectivity index (χ0n) is 10.8. The zero-order valence-corrected chi connectivity index (χ0v) is 10.8. The van der Waals surface area contributed by atoms with Gasteiger partial charge in [0.15, 0.2) is 0 Å². The number of aliphatic hydroxyl groups is 1. The summed E-state index contributed by atoms with van der Waals surface area (Å²) in [7, 11) is 0. The van der Waals surface area contributed by atoms with E-state index >= 15 is 0 Å². The summed E-state index contributed by atoms with van der Waals surface area (Å²) in [5, 5.41) is 9.97. The molecule has 0 saturated carbocycles. The monoisotopic (exact) mass is 258 g/mol. The van der Waals surface area contributed by atoms with Crippen molar-refractivity contribution in [1.82, 2.24) is 0 Å². The molecule has 98 valence electrons. The van der Waals surface area contributed by atoms with E-state index in [0.29, 0.717) is 17.7 Å². The predicted octanol–water partition coefficient (Wildman–Crippen LogP) is 2.45. The molecule has 0 radical (unpaired) electrons. The van der Waals surface area contributed by atoms with Crippen molar-refractivity contribution in [3.8, 4) is 5.75 Å². The van der Waals surface area contributed by atoms with Crippen LogP contribution in [0.3, 0.4) is 0 Å². The first-order valence-electron chi connectivity index (χ1n) is 6.24. The van der Waals surface area contributed by atoms with E-state index in [1.165, 1.54) is 0 Å². The summed E-state index contributed by atoms with van der Waals surface area (Å²) < 4.78 is 5.86. The molecule has 0 bridgehead atoms. The molecule has 1 N–H and O–H groups in total. The van der Waals surface area contributed by atoms with Crippen molar-refractivity contribution in [2.24, 2.45) is 0 Å². The third-order valence-corrected chi connectivity index (χ3v) is 3.63. The van der Waals surface area contributed by atoms with Crippen molar-refractivity contribution in [3.05, 3.63) is 34.9 Å². The van der Waals surface area contributed by atoms with Gasteiger partial charge in [0.2, 0.25) is 11.6 Å². The van der Waals surface area contributed by atoms with Crippen LogP contribution in [-0.4, -0.2) is 22.3 Å². The molecule has 1 aliphatic carbocycles. The number of aliphatic hydroxyl groups excluding tert-OH is 1. The summed E-state index contributed by atoms with van der Waals surface area (Å²) in [6, 6.07) is 3.26. The number of hydrogen-bond acceptors (Lipinski definition) is 4. The van der Waals surface area contributed by atoms with Crippen LogP contribution in [0, 0.1) is 0 Å². The average Bonchev–Trinajstić information content (AvgIpc) is 2.33. The minimum Gasteiger partial charge on any atom is -0.507 e. The highest BCUT2D eigenvalue weighted by molar-refractivity contribution is 6.50. The molecule has 0 saturated heterocycles. The molecule has 4 heteroatoms. The molecule has 0 unspecified atom stereocenters. The van der Waals surface area contributed by atoms with Crippen molar-refractivity contribution in [2.45, 2.75) is 32.3 Å². The molecule has 1 heterocycles. The van der Waals surface area contributed by atoms with Gasteiger partial charge in [0.05, 0.1) is 0 Å². The molecule has 1 aromatic carbocycles. The number of ketones is 2. The second-order valence-corrected chi connectivity index (χ2v) is 5.55. The molecular weight excluding hydrogens is 244 g/mol. The third kappa shape index (κ3) is 1.75. The Balaban J connectivity index is 2.21. The van der Waals surface area contributed by atoms with Crippen LogP contribution in [0.4, 0.5) is 0 Å². The topological polar surface area (TPSA) is 63.6 Å². The summed E-state index contributed by atoms with van der Waals surface area (Å²) in [5.74, 6) is -0.709. The first-order valence-corrected chi connectivity index (χ1v) is 6.24. The standard InChI is InChI=1S/C15H14O4/c1-15(2)6-5-8-12(19-15)4-3-9-13(8)10(16)7-11(17)14(9)18/h3-4,7,16H,5-6H2,1-2H3. The van der Waals surface area contributed by atoms with E-state index in [-0.39, 0.29) is 16.9 Å². The van der Waals surface area contributed by atoms with Gasteiger partial charge in [-0.05, 0) is 38.8 Å². The Morgan fingerprint density at radius 1 is 1.26 bits per heavy atom. The summed E-state index contributed by atoms with van der Waals surface area (Å²) in [5.41, 5.74) is 1.28. The van der Waals surface area contributed by atoms with E-state index in [9.17, 15) is 14.7 Å². The van der Waals surface area contributed by atoms with Crippen LogP contribution in [0.1, 0.15) is 41.8 Å². The molecule has 1 aliphatic heterocycles. The van der Waals surface area contributed by atoms with Gasteiger partial charge in [-0.1, -0.05) is 0 Å². The molecule has 0 amide bonds. The first-order chi connectivity index (χ1) is 8.89. The van der Waals surface area contributed by atoms with Gasteiger partial charge in [-0.2, -0.15) is 0 Å². The summed E-state index contributed by atoms with van der Waals surface area (Å²) >= 11 is 0. The van der Waals surface area contributed by atoms with Crippen LogP contribution < -0.4 is 4.74 Å². The molecule has 3 rings (SSSR count). The van der Waals surface area contributed by atoms with Crippen LogP contribution in [0.5, 0.6) is 5.75 Å². The average molecular weight is 258 g/mol. The molecule has 19 heavy (non-hydrogen) atoms. The lowest BCUT2D eigenvalue weighted by molar-refractivity contribution is -0.111. The van der Waals surface area contributed by atoms with Crippen LogP contribution in [0.2, 0.25) is 0 Å².